The molecule has 1 aliphatic rings. The molecule has 0 aliphatic carbocycles. The first-order valence-corrected chi connectivity index (χ1v) is 6.92. The van der Waals surface area contributed by atoms with Gasteiger partial charge in [0.1, 0.15) is 0 Å². The summed E-state index contributed by atoms with van der Waals surface area (Å²) in [6.45, 7) is 9.91. The Balaban J connectivity index is 1.89. The summed E-state index contributed by atoms with van der Waals surface area (Å²) >= 11 is 0. The van der Waals surface area contributed by atoms with Gasteiger partial charge in [-0.1, -0.05) is 0 Å². The summed E-state index contributed by atoms with van der Waals surface area (Å²) in [6.07, 6.45) is 3.41. The fraction of sp³-hybridized carbons (Fsp3) is 0.692. The second-order valence-corrected chi connectivity index (χ2v) is 5.10. The summed E-state index contributed by atoms with van der Waals surface area (Å²) in [5.41, 5.74) is -0.0437. The van der Waals surface area contributed by atoms with Gasteiger partial charge in [0.2, 0.25) is 0 Å². The van der Waals surface area contributed by atoms with Gasteiger partial charge < -0.3 is 15.2 Å². The lowest BCUT2D eigenvalue weighted by Crippen LogP contribution is -2.45. The summed E-state index contributed by atoms with van der Waals surface area (Å²) < 4.78 is 1.69. The van der Waals surface area contributed by atoms with E-state index in [1.807, 2.05) is 13.8 Å². The Kier molecular flexibility index (Phi) is 4.93. The monoisotopic (exact) mass is 265 g/mol. The maximum absolute atomic E-state index is 12.1. The van der Waals surface area contributed by atoms with Crippen LogP contribution in [0.3, 0.4) is 0 Å². The minimum absolute atomic E-state index is 0.0437. The number of nitrogens with one attached hydrogen (secondary N) is 2. The van der Waals surface area contributed by atoms with Crippen molar-refractivity contribution in [3.05, 3.63) is 22.7 Å². The minimum Gasteiger partial charge on any atom is -0.364 e. The first-order valence-electron chi connectivity index (χ1n) is 6.92. The van der Waals surface area contributed by atoms with Crippen molar-refractivity contribution in [1.29, 1.82) is 0 Å². The van der Waals surface area contributed by atoms with Gasteiger partial charge in [-0.2, -0.15) is 0 Å². The van der Waals surface area contributed by atoms with Gasteiger partial charge in [0, 0.05) is 57.7 Å². The quantitative estimate of drug-likeness (QED) is 0.793. The van der Waals surface area contributed by atoms with Crippen molar-refractivity contribution in [2.75, 3.05) is 44.6 Å². The largest absolute Gasteiger partial charge is 0.364 e. The van der Waals surface area contributed by atoms with E-state index in [2.05, 4.69) is 20.5 Å². The Labute approximate surface area is 113 Å². The summed E-state index contributed by atoms with van der Waals surface area (Å²) in [6, 6.07) is 0.157. The van der Waals surface area contributed by atoms with Gasteiger partial charge in [0.15, 0.2) is 5.82 Å². The highest BCUT2D eigenvalue weighted by atomic mass is 16.1. The van der Waals surface area contributed by atoms with Gasteiger partial charge in [0.05, 0.1) is 0 Å². The van der Waals surface area contributed by atoms with E-state index in [1.165, 1.54) is 0 Å². The van der Waals surface area contributed by atoms with E-state index in [-0.39, 0.29) is 11.6 Å². The topological polar surface area (TPSA) is 62.2 Å². The molecule has 2 rings (SSSR count). The molecular formula is C13H23N5O. The van der Waals surface area contributed by atoms with Crippen LogP contribution in [0.15, 0.2) is 17.2 Å². The number of hydrogen-bond donors (Lipinski definition) is 2. The number of piperazine rings is 1. The second kappa shape index (κ2) is 6.68. The van der Waals surface area contributed by atoms with E-state index in [9.17, 15) is 4.79 Å². The zero-order valence-electron chi connectivity index (χ0n) is 11.7. The van der Waals surface area contributed by atoms with Crippen LogP contribution < -0.4 is 16.2 Å². The molecule has 19 heavy (non-hydrogen) atoms. The molecule has 1 aliphatic heterocycles. The predicted molar refractivity (Wildman–Crippen MR) is 76.7 cm³/mol. The Morgan fingerprint density at radius 2 is 2.16 bits per heavy atom. The molecule has 2 N–H and O–H groups in total. The molecule has 0 bridgehead atoms. The average Bonchev–Trinajstić information content (AvgIpc) is 2.41. The number of anilines is 1. The van der Waals surface area contributed by atoms with E-state index in [1.54, 1.807) is 17.0 Å². The zero-order chi connectivity index (χ0) is 13.7. The molecule has 0 aromatic carbocycles. The lowest BCUT2D eigenvalue weighted by Gasteiger charge is -2.27. The first-order chi connectivity index (χ1) is 9.18. The average molecular weight is 265 g/mol. The molecule has 1 fully saturated rings. The molecule has 6 heteroatoms. The van der Waals surface area contributed by atoms with Crippen LogP contribution >= 0.6 is 0 Å². The van der Waals surface area contributed by atoms with Crippen molar-refractivity contribution in [2.45, 2.75) is 19.9 Å². The summed E-state index contributed by atoms with van der Waals surface area (Å²) in [5.74, 6) is 0.450. The summed E-state index contributed by atoms with van der Waals surface area (Å²) in [4.78, 5) is 18.6. The van der Waals surface area contributed by atoms with Crippen molar-refractivity contribution in [3.8, 4) is 0 Å². The van der Waals surface area contributed by atoms with Crippen LogP contribution in [0, 0.1) is 0 Å². The standard InChI is InChI=1S/C13H23N5O/c1-11(2)18-10-6-16-12(13(18)19)15-5-9-17-7-3-14-4-8-17/h6,10-11,14H,3-5,7-9H2,1-2H3,(H,15,16). The molecule has 0 atom stereocenters. The fourth-order valence-electron chi connectivity index (χ4n) is 2.22. The molecule has 6 nitrogen and oxygen atoms in total. The van der Waals surface area contributed by atoms with Crippen LogP contribution in [-0.2, 0) is 0 Å². The van der Waals surface area contributed by atoms with Crippen LogP contribution in [0.1, 0.15) is 19.9 Å². The van der Waals surface area contributed by atoms with Gasteiger partial charge in [-0.15, -0.1) is 0 Å². The number of nitrogens with zero attached hydrogens (tertiary/aromatic N) is 3. The highest BCUT2D eigenvalue weighted by Gasteiger charge is 2.10. The highest BCUT2D eigenvalue weighted by Crippen LogP contribution is 2.01. The van der Waals surface area contributed by atoms with E-state index < -0.39 is 0 Å². The van der Waals surface area contributed by atoms with Crippen molar-refractivity contribution in [2.24, 2.45) is 0 Å². The van der Waals surface area contributed by atoms with Crippen LogP contribution in [-0.4, -0.2) is 53.7 Å². The first kappa shape index (κ1) is 14.0. The molecule has 2 heterocycles. The third-order valence-electron chi connectivity index (χ3n) is 3.35. The third-order valence-corrected chi connectivity index (χ3v) is 3.35. The highest BCUT2D eigenvalue weighted by molar-refractivity contribution is 5.30. The van der Waals surface area contributed by atoms with Crippen LogP contribution in [0.25, 0.3) is 0 Å². The van der Waals surface area contributed by atoms with Gasteiger partial charge >= 0.3 is 0 Å². The molecule has 0 spiro atoms. The normalized spacial score (nSPS) is 16.8. The smallest absolute Gasteiger partial charge is 0.293 e. The molecule has 0 amide bonds. The van der Waals surface area contributed by atoms with Gasteiger partial charge in [0.25, 0.3) is 5.56 Å². The Hall–Kier alpha value is -1.40. The van der Waals surface area contributed by atoms with Gasteiger partial charge in [-0.25, -0.2) is 4.98 Å². The summed E-state index contributed by atoms with van der Waals surface area (Å²) in [5, 5.41) is 6.47. The third kappa shape index (κ3) is 3.78. The van der Waals surface area contributed by atoms with Crippen molar-refractivity contribution in [3.63, 3.8) is 0 Å². The van der Waals surface area contributed by atoms with Gasteiger partial charge in [-0.05, 0) is 13.8 Å². The SMILES string of the molecule is CC(C)n1ccnc(NCCN2CCNCC2)c1=O. The second-order valence-electron chi connectivity index (χ2n) is 5.10. The van der Waals surface area contributed by atoms with Gasteiger partial charge in [-0.3, -0.25) is 9.69 Å². The van der Waals surface area contributed by atoms with E-state index in [0.717, 1.165) is 39.3 Å². The predicted octanol–water partition coefficient (Wildman–Crippen LogP) is 0.141. The zero-order valence-corrected chi connectivity index (χ0v) is 11.7. The minimum atomic E-state index is -0.0437. The number of aromatic nitrogens is 2. The maximum Gasteiger partial charge on any atom is 0.293 e. The molecule has 0 saturated carbocycles. The van der Waals surface area contributed by atoms with Crippen LogP contribution in [0.2, 0.25) is 0 Å². The molecule has 0 radical (unpaired) electrons. The van der Waals surface area contributed by atoms with Crippen molar-refractivity contribution >= 4 is 5.82 Å². The van der Waals surface area contributed by atoms with Crippen molar-refractivity contribution in [1.82, 2.24) is 19.8 Å². The molecule has 106 valence electrons. The molecule has 0 unspecified atom stereocenters. The summed E-state index contributed by atoms with van der Waals surface area (Å²) in [7, 11) is 0. The lowest BCUT2D eigenvalue weighted by atomic mass is 10.3. The Morgan fingerprint density at radius 1 is 1.42 bits per heavy atom. The van der Waals surface area contributed by atoms with E-state index >= 15 is 0 Å². The molecule has 1 saturated heterocycles. The van der Waals surface area contributed by atoms with Crippen molar-refractivity contribution < 1.29 is 0 Å². The van der Waals surface area contributed by atoms with E-state index in [0.29, 0.717) is 5.82 Å². The Bertz CT molecular complexity index is 451. The van der Waals surface area contributed by atoms with Crippen LogP contribution in [0.5, 0.6) is 0 Å². The fourth-order valence-corrected chi connectivity index (χ4v) is 2.22. The number of hydrogen-bond acceptors (Lipinski definition) is 5. The Morgan fingerprint density at radius 3 is 2.84 bits per heavy atom. The number of rotatable bonds is 5. The molecular weight excluding hydrogens is 242 g/mol. The molecule has 1 aromatic rings. The maximum atomic E-state index is 12.1. The molecule has 1 aromatic heterocycles. The van der Waals surface area contributed by atoms with Crippen LogP contribution in [0.4, 0.5) is 5.82 Å². The lowest BCUT2D eigenvalue weighted by molar-refractivity contribution is 0.249. The van der Waals surface area contributed by atoms with E-state index in [4.69, 9.17) is 0 Å².